The average molecular weight is 299 g/mol. The van der Waals surface area contributed by atoms with Crippen molar-refractivity contribution in [2.24, 2.45) is 0 Å². The van der Waals surface area contributed by atoms with Gasteiger partial charge in [0.05, 0.1) is 12.5 Å². The van der Waals surface area contributed by atoms with Crippen LogP contribution in [0.1, 0.15) is 44.6 Å². The average Bonchev–Trinajstić information content (AvgIpc) is 2.49. The van der Waals surface area contributed by atoms with Crippen molar-refractivity contribution in [3.63, 3.8) is 0 Å². The fraction of sp³-hybridized carbons (Fsp3) is 0.471. The summed E-state index contributed by atoms with van der Waals surface area (Å²) in [5.74, 6) is -0.255. The number of rotatable bonds is 4. The van der Waals surface area contributed by atoms with Crippen molar-refractivity contribution in [1.29, 1.82) is 5.26 Å². The Labute approximate surface area is 130 Å². The van der Waals surface area contributed by atoms with Crippen LogP contribution >= 0.6 is 0 Å². The van der Waals surface area contributed by atoms with E-state index in [1.807, 2.05) is 12.1 Å². The zero-order chi connectivity index (χ0) is 16.0. The highest BCUT2D eigenvalue weighted by Gasteiger charge is 2.33. The summed E-state index contributed by atoms with van der Waals surface area (Å²) in [5, 5.41) is 15.0. The van der Waals surface area contributed by atoms with Gasteiger partial charge < -0.3 is 10.6 Å². The van der Waals surface area contributed by atoms with Gasteiger partial charge >= 0.3 is 0 Å². The lowest BCUT2D eigenvalue weighted by molar-refractivity contribution is -0.122. The van der Waals surface area contributed by atoms with Crippen molar-refractivity contribution in [3.8, 4) is 6.07 Å². The summed E-state index contributed by atoms with van der Waals surface area (Å²) < 4.78 is 0. The molecule has 1 aromatic carbocycles. The molecule has 0 bridgehead atoms. The molecule has 1 fully saturated rings. The summed E-state index contributed by atoms with van der Waals surface area (Å²) >= 11 is 0. The second-order valence-corrected chi connectivity index (χ2v) is 5.86. The van der Waals surface area contributed by atoms with Crippen molar-refractivity contribution in [3.05, 3.63) is 29.8 Å². The monoisotopic (exact) mass is 299 g/mol. The number of amides is 2. The van der Waals surface area contributed by atoms with Crippen LogP contribution in [0.5, 0.6) is 0 Å². The number of nitrogens with one attached hydrogen (secondary N) is 2. The topological polar surface area (TPSA) is 82.0 Å². The van der Waals surface area contributed by atoms with E-state index >= 15 is 0 Å². The molecule has 0 radical (unpaired) electrons. The van der Waals surface area contributed by atoms with Gasteiger partial charge in [0.15, 0.2) is 0 Å². The first kappa shape index (κ1) is 16.0. The predicted molar refractivity (Wildman–Crippen MR) is 84.0 cm³/mol. The van der Waals surface area contributed by atoms with Crippen LogP contribution in [0, 0.1) is 11.3 Å². The molecule has 5 heteroatoms. The molecule has 5 nitrogen and oxygen atoms in total. The molecule has 0 spiro atoms. The van der Waals surface area contributed by atoms with Crippen LogP contribution < -0.4 is 10.6 Å². The molecule has 0 aliphatic heterocycles. The van der Waals surface area contributed by atoms with Crippen molar-refractivity contribution >= 4 is 17.5 Å². The summed E-state index contributed by atoms with van der Waals surface area (Å²) in [6.45, 7) is 1.45. The van der Waals surface area contributed by atoms with Crippen LogP contribution in [-0.4, -0.2) is 17.4 Å². The summed E-state index contributed by atoms with van der Waals surface area (Å²) in [7, 11) is 0. The van der Waals surface area contributed by atoms with Crippen LogP contribution in [0.4, 0.5) is 5.69 Å². The molecular formula is C17H21N3O2. The standard InChI is InChI=1S/C17H21N3O2/c1-13(21)19-15-7-5-14(6-8-15)11-16(22)20-17(12-18)9-3-2-4-10-17/h5-8H,2-4,9-11H2,1H3,(H,19,21)(H,20,22). The van der Waals surface area contributed by atoms with E-state index in [9.17, 15) is 14.9 Å². The zero-order valence-corrected chi connectivity index (χ0v) is 12.8. The molecule has 22 heavy (non-hydrogen) atoms. The first-order chi connectivity index (χ1) is 10.5. The van der Waals surface area contributed by atoms with Crippen LogP contribution in [0.25, 0.3) is 0 Å². The van der Waals surface area contributed by atoms with Gasteiger partial charge in [-0.2, -0.15) is 5.26 Å². The third-order valence-electron chi connectivity index (χ3n) is 3.94. The van der Waals surface area contributed by atoms with Crippen LogP contribution in [0.2, 0.25) is 0 Å². The molecule has 0 unspecified atom stereocenters. The van der Waals surface area contributed by atoms with Gasteiger partial charge in [0.25, 0.3) is 0 Å². The smallest absolute Gasteiger partial charge is 0.225 e. The molecule has 2 N–H and O–H groups in total. The van der Waals surface area contributed by atoms with E-state index in [4.69, 9.17) is 0 Å². The lowest BCUT2D eigenvalue weighted by Gasteiger charge is -2.31. The van der Waals surface area contributed by atoms with Crippen LogP contribution in [-0.2, 0) is 16.0 Å². The van der Waals surface area contributed by atoms with Gasteiger partial charge in [-0.05, 0) is 30.5 Å². The highest BCUT2D eigenvalue weighted by Crippen LogP contribution is 2.27. The zero-order valence-electron chi connectivity index (χ0n) is 12.8. The summed E-state index contributed by atoms with van der Waals surface area (Å²) in [6, 6.07) is 9.44. The first-order valence-electron chi connectivity index (χ1n) is 7.62. The molecule has 0 aromatic heterocycles. The number of hydrogen-bond donors (Lipinski definition) is 2. The van der Waals surface area contributed by atoms with Crippen LogP contribution in [0.3, 0.4) is 0 Å². The molecule has 116 valence electrons. The third-order valence-corrected chi connectivity index (χ3v) is 3.94. The Hall–Kier alpha value is -2.35. The van der Waals surface area contributed by atoms with Gasteiger partial charge in [0.1, 0.15) is 5.54 Å². The van der Waals surface area contributed by atoms with E-state index in [2.05, 4.69) is 16.7 Å². The fourth-order valence-electron chi connectivity index (χ4n) is 2.83. The van der Waals surface area contributed by atoms with E-state index in [-0.39, 0.29) is 18.2 Å². The Morgan fingerprint density at radius 3 is 2.36 bits per heavy atom. The number of anilines is 1. The largest absolute Gasteiger partial charge is 0.338 e. The lowest BCUT2D eigenvalue weighted by atomic mass is 9.82. The molecule has 0 saturated heterocycles. The maximum absolute atomic E-state index is 12.2. The second kappa shape index (κ2) is 7.08. The van der Waals surface area contributed by atoms with E-state index in [1.54, 1.807) is 12.1 Å². The Balaban J connectivity index is 1.94. The van der Waals surface area contributed by atoms with Gasteiger partial charge in [-0.15, -0.1) is 0 Å². The number of nitriles is 1. The van der Waals surface area contributed by atoms with E-state index in [1.165, 1.54) is 6.92 Å². The van der Waals surface area contributed by atoms with Gasteiger partial charge in [0, 0.05) is 12.6 Å². The molecule has 2 rings (SSSR count). The number of benzene rings is 1. The number of carbonyl (C=O) groups excluding carboxylic acids is 2. The maximum Gasteiger partial charge on any atom is 0.225 e. The van der Waals surface area contributed by atoms with Gasteiger partial charge in [-0.1, -0.05) is 31.4 Å². The summed E-state index contributed by atoms with van der Waals surface area (Å²) in [4.78, 5) is 23.1. The minimum absolute atomic E-state index is 0.126. The first-order valence-corrected chi connectivity index (χ1v) is 7.62. The number of hydrogen-bond acceptors (Lipinski definition) is 3. The highest BCUT2D eigenvalue weighted by atomic mass is 16.2. The van der Waals surface area contributed by atoms with Crippen molar-refractivity contribution in [2.45, 2.75) is 51.0 Å². The second-order valence-electron chi connectivity index (χ2n) is 5.86. The fourth-order valence-corrected chi connectivity index (χ4v) is 2.83. The molecule has 1 aliphatic rings. The lowest BCUT2D eigenvalue weighted by Crippen LogP contribution is -2.49. The van der Waals surface area contributed by atoms with E-state index in [0.717, 1.165) is 37.7 Å². The normalized spacial score (nSPS) is 16.4. The summed E-state index contributed by atoms with van der Waals surface area (Å²) in [6.07, 6.45) is 4.81. The molecular weight excluding hydrogens is 278 g/mol. The van der Waals surface area contributed by atoms with Gasteiger partial charge in [-0.25, -0.2) is 0 Å². The molecule has 1 aromatic rings. The Morgan fingerprint density at radius 1 is 1.18 bits per heavy atom. The van der Waals surface area contributed by atoms with E-state index in [0.29, 0.717) is 5.69 Å². The Morgan fingerprint density at radius 2 is 1.82 bits per heavy atom. The molecule has 0 heterocycles. The molecule has 2 amide bonds. The van der Waals surface area contributed by atoms with Crippen molar-refractivity contribution in [1.82, 2.24) is 5.32 Å². The predicted octanol–water partition coefficient (Wildman–Crippen LogP) is 2.53. The van der Waals surface area contributed by atoms with Crippen LogP contribution in [0.15, 0.2) is 24.3 Å². The quantitative estimate of drug-likeness (QED) is 0.896. The summed E-state index contributed by atoms with van der Waals surface area (Å²) in [5.41, 5.74) is 0.874. The van der Waals surface area contributed by atoms with Gasteiger partial charge in [-0.3, -0.25) is 9.59 Å². The molecule has 1 saturated carbocycles. The Kier molecular flexibility index (Phi) is 5.16. The third kappa shape index (κ3) is 4.32. The minimum Gasteiger partial charge on any atom is -0.338 e. The highest BCUT2D eigenvalue weighted by molar-refractivity contribution is 5.88. The number of nitrogens with zero attached hydrogens (tertiary/aromatic N) is 1. The number of carbonyl (C=O) groups is 2. The molecule has 0 atom stereocenters. The maximum atomic E-state index is 12.2. The molecule has 1 aliphatic carbocycles. The van der Waals surface area contributed by atoms with Crippen molar-refractivity contribution in [2.75, 3.05) is 5.32 Å². The Bertz CT molecular complexity index is 581. The minimum atomic E-state index is -0.689. The van der Waals surface area contributed by atoms with Crippen molar-refractivity contribution < 1.29 is 9.59 Å². The van der Waals surface area contributed by atoms with Gasteiger partial charge in [0.2, 0.25) is 11.8 Å². The SMILES string of the molecule is CC(=O)Nc1ccc(CC(=O)NC2(C#N)CCCCC2)cc1. The van der Waals surface area contributed by atoms with E-state index < -0.39 is 5.54 Å².